The summed E-state index contributed by atoms with van der Waals surface area (Å²) in [6.45, 7) is 1.39. The predicted molar refractivity (Wildman–Crippen MR) is 43.6 cm³/mol. The average molecular weight is 166 g/mol. The fourth-order valence-electron chi connectivity index (χ4n) is 1.04. The van der Waals surface area contributed by atoms with Gasteiger partial charge in [-0.1, -0.05) is 24.3 Å². The van der Waals surface area contributed by atoms with Gasteiger partial charge in [-0.05, 0) is 6.92 Å². The van der Waals surface area contributed by atoms with Gasteiger partial charge in [0, 0.05) is 11.1 Å². The molecule has 0 amide bonds. The molecule has 2 N–H and O–H groups in total. The average Bonchev–Trinajstić information content (AvgIpc) is 2.04. The lowest BCUT2D eigenvalue weighted by Gasteiger charge is -2.07. The molecule has 0 unspecified atom stereocenters. The molecule has 3 heteroatoms. The fraction of sp³-hybridized carbons (Fsp3) is 0.222. The van der Waals surface area contributed by atoms with E-state index in [1.807, 2.05) is 0 Å². The maximum absolute atomic E-state index is 10.9. The fourth-order valence-corrected chi connectivity index (χ4v) is 1.04. The first kappa shape index (κ1) is 8.90. The van der Waals surface area contributed by atoms with Crippen molar-refractivity contribution < 1.29 is 15.0 Å². The van der Waals surface area contributed by atoms with Gasteiger partial charge in [0.1, 0.15) is 0 Å². The smallest absolute Gasteiger partial charge is 0.179 e. The van der Waals surface area contributed by atoms with Gasteiger partial charge < -0.3 is 10.2 Å². The van der Waals surface area contributed by atoms with E-state index in [4.69, 9.17) is 10.2 Å². The zero-order valence-corrected chi connectivity index (χ0v) is 6.69. The maximum Gasteiger partial charge on any atom is 0.179 e. The molecule has 3 nitrogen and oxygen atoms in total. The summed E-state index contributed by atoms with van der Waals surface area (Å²) in [6, 6.07) is 6.42. The molecule has 1 aromatic carbocycles. The lowest BCUT2D eigenvalue weighted by atomic mass is 10.0. The van der Waals surface area contributed by atoms with Crippen molar-refractivity contribution in [1.29, 1.82) is 0 Å². The molecule has 1 rings (SSSR count). The Morgan fingerprint density at radius 1 is 1.33 bits per heavy atom. The van der Waals surface area contributed by atoms with Gasteiger partial charge in [0.25, 0.3) is 0 Å². The van der Waals surface area contributed by atoms with Crippen LogP contribution in [0.25, 0.3) is 0 Å². The highest BCUT2D eigenvalue weighted by Gasteiger charge is 2.10. The molecule has 1 aromatic rings. The van der Waals surface area contributed by atoms with Crippen LogP contribution in [-0.2, 0) is 0 Å². The van der Waals surface area contributed by atoms with E-state index in [9.17, 15) is 4.79 Å². The van der Waals surface area contributed by atoms with Gasteiger partial charge in [0.2, 0.25) is 0 Å². The standard InChI is InChI=1S/C9H10O3/c1-6(10)7-4-2-3-5-8(7)9(11)12/h2-5,9,11-12H,1H3. The van der Waals surface area contributed by atoms with Crippen molar-refractivity contribution in [3.63, 3.8) is 0 Å². The number of rotatable bonds is 2. The van der Waals surface area contributed by atoms with Gasteiger partial charge in [-0.3, -0.25) is 4.79 Å². The minimum Gasteiger partial charge on any atom is -0.364 e. The van der Waals surface area contributed by atoms with Crippen molar-refractivity contribution >= 4 is 5.78 Å². The molecule has 0 fully saturated rings. The van der Waals surface area contributed by atoms with Crippen LogP contribution in [0.2, 0.25) is 0 Å². The summed E-state index contributed by atoms with van der Waals surface area (Å²) in [5.41, 5.74) is 0.609. The van der Waals surface area contributed by atoms with Crippen molar-refractivity contribution in [3.8, 4) is 0 Å². The number of carbonyl (C=O) groups excluding carboxylic acids is 1. The van der Waals surface area contributed by atoms with Crippen molar-refractivity contribution in [2.45, 2.75) is 13.2 Å². The van der Waals surface area contributed by atoms with E-state index >= 15 is 0 Å². The second-order valence-corrected chi connectivity index (χ2v) is 2.52. The molecule has 0 aliphatic carbocycles. The first-order valence-electron chi connectivity index (χ1n) is 3.59. The summed E-state index contributed by atoms with van der Waals surface area (Å²) in [7, 11) is 0. The molecule has 0 saturated carbocycles. The topological polar surface area (TPSA) is 57.5 Å². The summed E-state index contributed by atoms with van der Waals surface area (Å²) in [6.07, 6.45) is -1.58. The van der Waals surface area contributed by atoms with Crippen LogP contribution in [0.1, 0.15) is 29.1 Å². The van der Waals surface area contributed by atoms with Crippen LogP contribution in [0.4, 0.5) is 0 Å². The van der Waals surface area contributed by atoms with E-state index in [1.54, 1.807) is 18.2 Å². The summed E-state index contributed by atoms with van der Waals surface area (Å²) < 4.78 is 0. The Kier molecular flexibility index (Phi) is 2.58. The third-order valence-electron chi connectivity index (χ3n) is 1.62. The Morgan fingerprint density at radius 2 is 1.92 bits per heavy atom. The van der Waals surface area contributed by atoms with E-state index in [0.29, 0.717) is 5.56 Å². The summed E-state index contributed by atoms with van der Waals surface area (Å²) >= 11 is 0. The van der Waals surface area contributed by atoms with E-state index in [0.717, 1.165) is 0 Å². The number of hydrogen-bond acceptors (Lipinski definition) is 3. The van der Waals surface area contributed by atoms with Gasteiger partial charge in [-0.2, -0.15) is 0 Å². The molecule has 64 valence electrons. The normalized spacial score (nSPS) is 10.3. The number of aliphatic hydroxyl groups is 2. The second kappa shape index (κ2) is 3.47. The van der Waals surface area contributed by atoms with E-state index in [-0.39, 0.29) is 11.3 Å². The van der Waals surface area contributed by atoms with Crippen LogP contribution >= 0.6 is 0 Å². The number of benzene rings is 1. The lowest BCUT2D eigenvalue weighted by molar-refractivity contribution is -0.0429. The number of Topliss-reactive ketones (excluding diaryl/α,β-unsaturated/α-hetero) is 1. The second-order valence-electron chi connectivity index (χ2n) is 2.52. The Bertz CT molecular complexity index is 292. The zero-order valence-electron chi connectivity index (χ0n) is 6.69. The molecule has 0 heterocycles. The van der Waals surface area contributed by atoms with Crippen LogP contribution in [0.15, 0.2) is 24.3 Å². The summed E-state index contributed by atoms with van der Waals surface area (Å²) in [5, 5.41) is 17.7. The predicted octanol–water partition coefficient (Wildman–Crippen LogP) is 0.872. The van der Waals surface area contributed by atoms with Gasteiger partial charge in [0.05, 0.1) is 0 Å². The molecule has 0 spiro atoms. The zero-order chi connectivity index (χ0) is 9.14. The number of hydrogen-bond donors (Lipinski definition) is 2. The third kappa shape index (κ3) is 1.69. The first-order valence-corrected chi connectivity index (χ1v) is 3.59. The monoisotopic (exact) mass is 166 g/mol. The van der Waals surface area contributed by atoms with Gasteiger partial charge >= 0.3 is 0 Å². The number of ketones is 1. The molecule has 0 aliphatic heterocycles. The van der Waals surface area contributed by atoms with Crippen molar-refractivity contribution in [3.05, 3.63) is 35.4 Å². The molecule has 0 aliphatic rings. The Labute approximate surface area is 70.3 Å². The van der Waals surface area contributed by atoms with Crippen molar-refractivity contribution in [2.75, 3.05) is 0 Å². The molecular formula is C9H10O3. The quantitative estimate of drug-likeness (QED) is 0.506. The highest BCUT2D eigenvalue weighted by molar-refractivity contribution is 5.95. The Morgan fingerprint density at radius 3 is 2.33 bits per heavy atom. The van der Waals surface area contributed by atoms with Crippen molar-refractivity contribution in [2.24, 2.45) is 0 Å². The van der Waals surface area contributed by atoms with Gasteiger partial charge in [-0.25, -0.2) is 0 Å². The van der Waals surface area contributed by atoms with E-state index in [1.165, 1.54) is 13.0 Å². The lowest BCUT2D eigenvalue weighted by Crippen LogP contribution is -2.03. The summed E-state index contributed by atoms with van der Waals surface area (Å²) in [4.78, 5) is 10.9. The van der Waals surface area contributed by atoms with Crippen LogP contribution in [0.5, 0.6) is 0 Å². The maximum atomic E-state index is 10.9. The van der Waals surface area contributed by atoms with Gasteiger partial charge in [-0.15, -0.1) is 0 Å². The minimum absolute atomic E-state index is 0.168. The van der Waals surface area contributed by atoms with Crippen molar-refractivity contribution in [1.82, 2.24) is 0 Å². The highest BCUT2D eigenvalue weighted by Crippen LogP contribution is 2.15. The van der Waals surface area contributed by atoms with E-state index in [2.05, 4.69) is 0 Å². The largest absolute Gasteiger partial charge is 0.364 e. The molecule has 0 radical (unpaired) electrons. The molecule has 0 bridgehead atoms. The Hall–Kier alpha value is -1.19. The third-order valence-corrected chi connectivity index (χ3v) is 1.62. The highest BCUT2D eigenvalue weighted by atomic mass is 16.5. The SMILES string of the molecule is CC(=O)c1ccccc1C(O)O. The van der Waals surface area contributed by atoms with Crippen LogP contribution in [0, 0.1) is 0 Å². The minimum atomic E-state index is -1.58. The number of carbonyl (C=O) groups is 1. The number of aliphatic hydroxyl groups excluding tert-OH is 1. The molecule has 0 saturated heterocycles. The molecule has 0 atom stereocenters. The van der Waals surface area contributed by atoms with Crippen LogP contribution in [0.3, 0.4) is 0 Å². The Balaban J connectivity index is 3.17. The first-order chi connectivity index (χ1) is 5.63. The molecule has 12 heavy (non-hydrogen) atoms. The molecular weight excluding hydrogens is 156 g/mol. The van der Waals surface area contributed by atoms with Crippen LogP contribution in [-0.4, -0.2) is 16.0 Å². The van der Waals surface area contributed by atoms with E-state index < -0.39 is 6.29 Å². The van der Waals surface area contributed by atoms with Crippen LogP contribution < -0.4 is 0 Å². The molecule has 0 aromatic heterocycles. The summed E-state index contributed by atoms with van der Waals surface area (Å²) in [5.74, 6) is -0.168. The van der Waals surface area contributed by atoms with Gasteiger partial charge in [0.15, 0.2) is 12.1 Å².